The quantitative estimate of drug-likeness (QED) is 0.595. The van der Waals surface area contributed by atoms with Crippen molar-refractivity contribution in [3.8, 4) is 0 Å². The van der Waals surface area contributed by atoms with E-state index in [0.29, 0.717) is 0 Å². The third kappa shape index (κ3) is 3.45. The maximum absolute atomic E-state index is 4.23. The summed E-state index contributed by atoms with van der Waals surface area (Å²) in [5.74, 6) is 0. The fraction of sp³-hybridized carbons (Fsp3) is 0.231. The molecule has 0 aliphatic carbocycles. The summed E-state index contributed by atoms with van der Waals surface area (Å²) in [6.45, 7) is 0. The number of hydrogen-bond donors (Lipinski definition) is 0. The molecule has 0 saturated heterocycles. The lowest BCUT2D eigenvalue weighted by Crippen LogP contribution is -1.84. The summed E-state index contributed by atoms with van der Waals surface area (Å²) in [5.41, 5.74) is 1.06. The number of aryl methyl sites for hydroxylation is 2. The molecule has 0 amide bonds. The monoisotopic (exact) mass is 230 g/mol. The maximum Gasteiger partial charge on any atom is 0.0923 e. The molecule has 0 atom stereocenters. The predicted molar refractivity (Wildman–Crippen MR) is 70.7 cm³/mol. The van der Waals surface area contributed by atoms with Gasteiger partial charge in [-0.1, -0.05) is 25.6 Å². The van der Waals surface area contributed by atoms with Gasteiger partial charge < -0.3 is 0 Å². The molecule has 0 spiro atoms. The summed E-state index contributed by atoms with van der Waals surface area (Å²) in [5, 5.41) is 9.26. The van der Waals surface area contributed by atoms with Crippen LogP contribution >= 0.6 is 0 Å². The molecule has 0 saturated carbocycles. The van der Waals surface area contributed by atoms with E-state index in [4.69, 9.17) is 0 Å². The molecular weight excluding hydrogens is 212 g/mol. The van der Waals surface area contributed by atoms with E-state index in [1.807, 2.05) is 55.4 Å². The molecule has 17 heavy (non-hydrogen) atoms. The molecular formula is C13H18N4. The Hall–Kier alpha value is -2.10. The van der Waals surface area contributed by atoms with E-state index in [9.17, 15) is 0 Å². The second kappa shape index (κ2) is 5.84. The van der Waals surface area contributed by atoms with Gasteiger partial charge in [0.05, 0.1) is 5.52 Å². The number of aromatic nitrogens is 4. The summed E-state index contributed by atoms with van der Waals surface area (Å²) >= 11 is 0. The molecule has 4 nitrogen and oxygen atoms in total. The second-order valence-corrected chi connectivity index (χ2v) is 3.54. The van der Waals surface area contributed by atoms with E-state index in [-0.39, 0.29) is 7.43 Å². The third-order valence-electron chi connectivity index (χ3n) is 2.16. The smallest absolute Gasteiger partial charge is 0.0923 e. The maximum atomic E-state index is 4.23. The first-order valence-corrected chi connectivity index (χ1v) is 5.08. The third-order valence-corrected chi connectivity index (χ3v) is 2.16. The van der Waals surface area contributed by atoms with Crippen molar-refractivity contribution < 1.29 is 0 Å². The molecule has 0 fully saturated rings. The van der Waals surface area contributed by atoms with Crippen LogP contribution in [0, 0.1) is 0 Å². The Morgan fingerprint density at radius 2 is 1.76 bits per heavy atom. The Kier molecular flexibility index (Phi) is 4.46. The fourth-order valence-corrected chi connectivity index (χ4v) is 1.43. The minimum Gasteiger partial charge on any atom is -0.276 e. The van der Waals surface area contributed by atoms with Gasteiger partial charge in [0.1, 0.15) is 0 Å². The lowest BCUT2D eigenvalue weighted by Gasteiger charge is -1.80. The van der Waals surface area contributed by atoms with Crippen molar-refractivity contribution in [1.82, 2.24) is 19.6 Å². The highest BCUT2D eigenvalue weighted by molar-refractivity contribution is 5.77. The second-order valence-electron chi connectivity index (χ2n) is 3.54. The molecule has 2 aromatic heterocycles. The van der Waals surface area contributed by atoms with Crippen molar-refractivity contribution in [3.63, 3.8) is 0 Å². The van der Waals surface area contributed by atoms with Gasteiger partial charge in [-0.25, -0.2) is 0 Å². The molecule has 90 valence electrons. The van der Waals surface area contributed by atoms with Gasteiger partial charge in [-0.15, -0.1) is 0 Å². The summed E-state index contributed by atoms with van der Waals surface area (Å²) in [6, 6.07) is 9.97. The van der Waals surface area contributed by atoms with Gasteiger partial charge in [0.2, 0.25) is 0 Å². The molecule has 0 aliphatic heterocycles. The van der Waals surface area contributed by atoms with E-state index >= 15 is 0 Å². The average Bonchev–Trinajstić information content (AvgIpc) is 2.86. The van der Waals surface area contributed by atoms with Crippen LogP contribution in [0.5, 0.6) is 0 Å². The van der Waals surface area contributed by atoms with Crippen LogP contribution in [0.1, 0.15) is 7.43 Å². The highest BCUT2D eigenvalue weighted by Crippen LogP contribution is 2.08. The molecule has 3 rings (SSSR count). The Balaban J connectivity index is 0.000000180. The van der Waals surface area contributed by atoms with Crippen LogP contribution in [0.2, 0.25) is 0 Å². The van der Waals surface area contributed by atoms with E-state index in [1.54, 1.807) is 10.9 Å². The average molecular weight is 230 g/mol. The zero-order valence-electron chi connectivity index (χ0n) is 9.41. The van der Waals surface area contributed by atoms with Gasteiger partial charge in [-0.3, -0.25) is 9.36 Å². The molecule has 1 aromatic carbocycles. The zero-order chi connectivity index (χ0) is 11.4. The van der Waals surface area contributed by atoms with Gasteiger partial charge in [-0.05, 0) is 12.1 Å². The Morgan fingerprint density at radius 1 is 1.00 bits per heavy atom. The van der Waals surface area contributed by atoms with Crippen LogP contribution in [0.3, 0.4) is 0 Å². The first-order valence-electron chi connectivity index (χ1n) is 5.08. The molecule has 0 N–H and O–H groups in total. The van der Waals surface area contributed by atoms with Crippen LogP contribution in [0.15, 0.2) is 48.9 Å². The standard InChI is InChI=1S/C8H8N2.C4H6N2.CH4/c1-10-6-7-4-2-3-5-8(7)9-10;1-6-4-2-3-5-6;/h2-6H,1H3;2-4H,1H3;1H4. The summed E-state index contributed by atoms with van der Waals surface area (Å²) < 4.78 is 3.57. The van der Waals surface area contributed by atoms with Crippen molar-refractivity contribution in [2.75, 3.05) is 0 Å². The zero-order valence-corrected chi connectivity index (χ0v) is 9.41. The first-order chi connectivity index (χ1) is 7.75. The number of rotatable bonds is 0. The molecule has 4 heteroatoms. The van der Waals surface area contributed by atoms with Crippen molar-refractivity contribution in [3.05, 3.63) is 48.9 Å². The van der Waals surface area contributed by atoms with Crippen LogP contribution in [-0.2, 0) is 14.1 Å². The molecule has 3 aromatic rings. The van der Waals surface area contributed by atoms with Gasteiger partial charge in [0, 0.05) is 38.1 Å². The van der Waals surface area contributed by atoms with Crippen LogP contribution in [0.25, 0.3) is 10.9 Å². The van der Waals surface area contributed by atoms with E-state index in [1.165, 1.54) is 5.39 Å². The van der Waals surface area contributed by atoms with E-state index < -0.39 is 0 Å². The number of nitrogens with zero attached hydrogens (tertiary/aromatic N) is 4. The van der Waals surface area contributed by atoms with E-state index in [0.717, 1.165) is 5.52 Å². The predicted octanol–water partition coefficient (Wildman–Crippen LogP) is 2.63. The summed E-state index contributed by atoms with van der Waals surface area (Å²) in [7, 11) is 3.82. The minimum atomic E-state index is 0. The first kappa shape index (κ1) is 13.0. The van der Waals surface area contributed by atoms with Gasteiger partial charge >= 0.3 is 0 Å². The molecule has 2 heterocycles. The minimum absolute atomic E-state index is 0. The van der Waals surface area contributed by atoms with Gasteiger partial charge in [-0.2, -0.15) is 10.2 Å². The van der Waals surface area contributed by atoms with E-state index in [2.05, 4.69) is 16.3 Å². The molecule has 0 aliphatic rings. The molecule has 0 bridgehead atoms. The summed E-state index contributed by atoms with van der Waals surface area (Å²) in [4.78, 5) is 0. The highest BCUT2D eigenvalue weighted by Gasteiger charge is 1.92. The fourth-order valence-electron chi connectivity index (χ4n) is 1.43. The number of hydrogen-bond acceptors (Lipinski definition) is 2. The SMILES string of the molecule is C.Cn1cc2ccccc2n1.Cn1cccn1. The largest absolute Gasteiger partial charge is 0.276 e. The topological polar surface area (TPSA) is 35.6 Å². The summed E-state index contributed by atoms with van der Waals surface area (Å²) in [6.07, 6.45) is 5.65. The highest BCUT2D eigenvalue weighted by atomic mass is 15.2. The molecule has 0 radical (unpaired) electrons. The van der Waals surface area contributed by atoms with Gasteiger partial charge in [0.25, 0.3) is 0 Å². The van der Waals surface area contributed by atoms with Crippen LogP contribution < -0.4 is 0 Å². The Labute approximate surface area is 101 Å². The number of fused-ring (bicyclic) bond motifs is 1. The Morgan fingerprint density at radius 3 is 2.29 bits per heavy atom. The normalized spacial score (nSPS) is 9.29. The van der Waals surface area contributed by atoms with Crippen LogP contribution in [0.4, 0.5) is 0 Å². The lowest BCUT2D eigenvalue weighted by molar-refractivity contribution is 0.768. The van der Waals surface area contributed by atoms with Crippen LogP contribution in [-0.4, -0.2) is 19.6 Å². The molecule has 0 unspecified atom stereocenters. The Bertz CT molecular complexity index is 519. The van der Waals surface area contributed by atoms with Crippen molar-refractivity contribution >= 4 is 10.9 Å². The van der Waals surface area contributed by atoms with Crippen molar-refractivity contribution in [2.24, 2.45) is 14.1 Å². The van der Waals surface area contributed by atoms with Crippen molar-refractivity contribution in [2.45, 2.75) is 7.43 Å². The van der Waals surface area contributed by atoms with Gasteiger partial charge in [0.15, 0.2) is 0 Å². The van der Waals surface area contributed by atoms with Crippen molar-refractivity contribution in [1.29, 1.82) is 0 Å². The lowest BCUT2D eigenvalue weighted by atomic mass is 10.3. The number of benzene rings is 1.